The van der Waals surface area contributed by atoms with Crippen LogP contribution in [0.2, 0.25) is 0 Å². The van der Waals surface area contributed by atoms with Crippen molar-refractivity contribution in [2.24, 2.45) is 0 Å². The summed E-state index contributed by atoms with van der Waals surface area (Å²) in [7, 11) is 0. The largest absolute Gasteiger partial charge is 0.338 e. The minimum absolute atomic E-state index is 0.148. The van der Waals surface area contributed by atoms with Crippen LogP contribution < -0.4 is 16.0 Å². The van der Waals surface area contributed by atoms with E-state index in [0.717, 1.165) is 25.2 Å². The summed E-state index contributed by atoms with van der Waals surface area (Å²) in [6.07, 6.45) is 0.940. The van der Waals surface area contributed by atoms with Crippen molar-refractivity contribution in [1.29, 1.82) is 0 Å². The summed E-state index contributed by atoms with van der Waals surface area (Å²) in [4.78, 5) is 11.5. The van der Waals surface area contributed by atoms with E-state index in [1.807, 2.05) is 31.2 Å². The van der Waals surface area contributed by atoms with E-state index in [4.69, 9.17) is 0 Å². The second-order valence-electron chi connectivity index (χ2n) is 3.95. The minimum Gasteiger partial charge on any atom is -0.338 e. The minimum atomic E-state index is -0.148. The Labute approximate surface area is 103 Å². The molecular weight excluding hydrogens is 214 g/mol. The molecule has 0 saturated carbocycles. The number of aryl methyl sites for hydroxylation is 1. The number of nitrogens with one attached hydrogen (secondary N) is 3. The van der Waals surface area contributed by atoms with Gasteiger partial charge in [-0.05, 0) is 38.6 Å². The molecule has 0 unspecified atom stereocenters. The number of hydrogen-bond donors (Lipinski definition) is 3. The first-order chi connectivity index (χ1) is 8.22. The molecule has 0 fully saturated rings. The molecule has 0 aliphatic rings. The maximum Gasteiger partial charge on any atom is 0.319 e. The van der Waals surface area contributed by atoms with Crippen LogP contribution in [0.4, 0.5) is 10.5 Å². The van der Waals surface area contributed by atoms with Gasteiger partial charge in [0.1, 0.15) is 0 Å². The Hall–Kier alpha value is -1.55. The zero-order chi connectivity index (χ0) is 12.5. The first kappa shape index (κ1) is 13.5. The molecule has 2 amide bonds. The van der Waals surface area contributed by atoms with Gasteiger partial charge in [0.15, 0.2) is 0 Å². The van der Waals surface area contributed by atoms with Crippen LogP contribution >= 0.6 is 0 Å². The standard InChI is InChI=1S/C13H21N3O/c1-3-14-9-4-10-15-13(17)16-12-7-5-11(2)6-8-12/h5-8,14H,3-4,9-10H2,1-2H3,(H2,15,16,17). The zero-order valence-electron chi connectivity index (χ0n) is 10.5. The van der Waals surface area contributed by atoms with Gasteiger partial charge in [0.2, 0.25) is 0 Å². The van der Waals surface area contributed by atoms with Gasteiger partial charge >= 0.3 is 6.03 Å². The number of carbonyl (C=O) groups excluding carboxylic acids is 1. The number of benzene rings is 1. The lowest BCUT2D eigenvalue weighted by atomic mass is 10.2. The molecule has 1 rings (SSSR count). The molecule has 0 bridgehead atoms. The van der Waals surface area contributed by atoms with E-state index in [1.54, 1.807) is 0 Å². The normalized spacial score (nSPS) is 10.0. The fourth-order valence-electron chi connectivity index (χ4n) is 1.40. The van der Waals surface area contributed by atoms with Gasteiger partial charge in [-0.15, -0.1) is 0 Å². The first-order valence-corrected chi connectivity index (χ1v) is 6.04. The SMILES string of the molecule is CCNCCCNC(=O)Nc1ccc(C)cc1. The van der Waals surface area contributed by atoms with Gasteiger partial charge < -0.3 is 16.0 Å². The highest BCUT2D eigenvalue weighted by Gasteiger charge is 1.99. The maximum atomic E-state index is 11.5. The Kier molecular flexibility index (Phi) is 6.10. The Morgan fingerprint density at radius 1 is 1.18 bits per heavy atom. The lowest BCUT2D eigenvalue weighted by Crippen LogP contribution is -2.31. The number of rotatable bonds is 6. The summed E-state index contributed by atoms with van der Waals surface area (Å²) >= 11 is 0. The summed E-state index contributed by atoms with van der Waals surface area (Å²) in [5.41, 5.74) is 2.00. The molecule has 0 aliphatic heterocycles. The highest BCUT2D eigenvalue weighted by Crippen LogP contribution is 2.07. The van der Waals surface area contributed by atoms with Gasteiger partial charge in [-0.25, -0.2) is 4.79 Å². The lowest BCUT2D eigenvalue weighted by molar-refractivity contribution is 0.252. The van der Waals surface area contributed by atoms with Crippen LogP contribution in [0.15, 0.2) is 24.3 Å². The number of urea groups is 1. The highest BCUT2D eigenvalue weighted by molar-refractivity contribution is 5.89. The van der Waals surface area contributed by atoms with Crippen molar-refractivity contribution in [1.82, 2.24) is 10.6 Å². The van der Waals surface area contributed by atoms with E-state index >= 15 is 0 Å². The van der Waals surface area contributed by atoms with E-state index in [2.05, 4.69) is 22.9 Å². The third kappa shape index (κ3) is 5.92. The smallest absolute Gasteiger partial charge is 0.319 e. The van der Waals surface area contributed by atoms with Crippen LogP contribution in [0.3, 0.4) is 0 Å². The molecular formula is C13H21N3O. The molecule has 0 saturated heterocycles. The molecule has 0 radical (unpaired) electrons. The third-order valence-corrected chi connectivity index (χ3v) is 2.38. The van der Waals surface area contributed by atoms with Gasteiger partial charge in [0.05, 0.1) is 0 Å². The summed E-state index contributed by atoms with van der Waals surface area (Å²) in [5, 5.41) is 8.81. The maximum absolute atomic E-state index is 11.5. The molecule has 1 aromatic carbocycles. The number of carbonyl (C=O) groups is 1. The van der Waals surface area contributed by atoms with Gasteiger partial charge in [0, 0.05) is 12.2 Å². The van der Waals surface area contributed by atoms with Crippen LogP contribution in [-0.2, 0) is 0 Å². The van der Waals surface area contributed by atoms with Crippen LogP contribution in [0, 0.1) is 6.92 Å². The molecule has 0 atom stereocenters. The molecule has 1 aromatic rings. The van der Waals surface area contributed by atoms with Crippen LogP contribution in [-0.4, -0.2) is 25.7 Å². The van der Waals surface area contributed by atoms with Crippen LogP contribution in [0.1, 0.15) is 18.9 Å². The number of hydrogen-bond acceptors (Lipinski definition) is 2. The predicted octanol–water partition coefficient (Wildman–Crippen LogP) is 2.12. The molecule has 94 valence electrons. The summed E-state index contributed by atoms with van der Waals surface area (Å²) in [6.45, 7) is 6.67. The van der Waals surface area contributed by atoms with Gasteiger partial charge in [-0.3, -0.25) is 0 Å². The molecule has 0 spiro atoms. The van der Waals surface area contributed by atoms with Gasteiger partial charge in [0.25, 0.3) is 0 Å². The quantitative estimate of drug-likeness (QED) is 0.661. The van der Waals surface area contributed by atoms with E-state index in [1.165, 1.54) is 5.56 Å². The lowest BCUT2D eigenvalue weighted by Gasteiger charge is -2.07. The highest BCUT2D eigenvalue weighted by atomic mass is 16.2. The Morgan fingerprint density at radius 3 is 2.53 bits per heavy atom. The molecule has 0 heterocycles. The molecule has 0 aliphatic carbocycles. The fraction of sp³-hybridized carbons (Fsp3) is 0.462. The van der Waals surface area contributed by atoms with Crippen molar-refractivity contribution >= 4 is 11.7 Å². The predicted molar refractivity (Wildman–Crippen MR) is 71.4 cm³/mol. The summed E-state index contributed by atoms with van der Waals surface area (Å²) in [5.74, 6) is 0. The fourth-order valence-corrected chi connectivity index (χ4v) is 1.40. The summed E-state index contributed by atoms with van der Waals surface area (Å²) < 4.78 is 0. The van der Waals surface area contributed by atoms with Crippen molar-refractivity contribution in [3.05, 3.63) is 29.8 Å². The summed E-state index contributed by atoms with van der Waals surface area (Å²) in [6, 6.07) is 7.59. The average Bonchev–Trinajstić information content (AvgIpc) is 2.32. The van der Waals surface area contributed by atoms with Crippen molar-refractivity contribution in [2.75, 3.05) is 25.0 Å². The molecule has 4 heteroatoms. The van der Waals surface area contributed by atoms with Gasteiger partial charge in [-0.2, -0.15) is 0 Å². The van der Waals surface area contributed by atoms with E-state index < -0.39 is 0 Å². The Morgan fingerprint density at radius 2 is 1.88 bits per heavy atom. The first-order valence-electron chi connectivity index (χ1n) is 6.04. The second-order valence-corrected chi connectivity index (χ2v) is 3.95. The van der Waals surface area contributed by atoms with Gasteiger partial charge in [-0.1, -0.05) is 24.6 Å². The number of anilines is 1. The monoisotopic (exact) mass is 235 g/mol. The van der Waals surface area contributed by atoms with Crippen molar-refractivity contribution < 1.29 is 4.79 Å². The number of amides is 2. The van der Waals surface area contributed by atoms with Crippen LogP contribution in [0.5, 0.6) is 0 Å². The van der Waals surface area contributed by atoms with Crippen molar-refractivity contribution in [3.8, 4) is 0 Å². The Balaban J connectivity index is 2.18. The average molecular weight is 235 g/mol. The Bertz CT molecular complexity index is 335. The third-order valence-electron chi connectivity index (χ3n) is 2.38. The van der Waals surface area contributed by atoms with E-state index in [9.17, 15) is 4.79 Å². The molecule has 4 nitrogen and oxygen atoms in total. The molecule has 0 aromatic heterocycles. The van der Waals surface area contributed by atoms with E-state index in [0.29, 0.717) is 6.54 Å². The van der Waals surface area contributed by atoms with E-state index in [-0.39, 0.29) is 6.03 Å². The second kappa shape index (κ2) is 7.68. The van der Waals surface area contributed by atoms with Crippen molar-refractivity contribution in [2.45, 2.75) is 20.3 Å². The molecule has 17 heavy (non-hydrogen) atoms. The van der Waals surface area contributed by atoms with Crippen molar-refractivity contribution in [3.63, 3.8) is 0 Å². The zero-order valence-corrected chi connectivity index (χ0v) is 10.5. The molecule has 3 N–H and O–H groups in total. The topological polar surface area (TPSA) is 53.2 Å². The van der Waals surface area contributed by atoms with Crippen LogP contribution in [0.25, 0.3) is 0 Å².